The molecule has 1 aromatic heterocycles. The van der Waals surface area contributed by atoms with Crippen LogP contribution in [0, 0.1) is 13.8 Å². The predicted octanol–water partition coefficient (Wildman–Crippen LogP) is 3.70. The van der Waals surface area contributed by atoms with Crippen LogP contribution in [0.15, 0.2) is 59.6 Å². The molecule has 27 heavy (non-hydrogen) atoms. The van der Waals surface area contributed by atoms with Crippen LogP contribution in [0.2, 0.25) is 0 Å². The number of carbonyl (C=O) groups excluding carboxylic acids is 2. The summed E-state index contributed by atoms with van der Waals surface area (Å²) in [5.41, 5.74) is 3.68. The fourth-order valence-corrected chi connectivity index (χ4v) is 3.40. The number of fused-ring (bicyclic) bond motifs is 1. The molecule has 0 saturated carbocycles. The summed E-state index contributed by atoms with van der Waals surface area (Å²) in [5.74, 6) is -0.233. The summed E-state index contributed by atoms with van der Waals surface area (Å²) in [6, 6.07) is 17.5. The number of pyridine rings is 1. The van der Waals surface area contributed by atoms with Gasteiger partial charge in [0.05, 0.1) is 22.8 Å². The largest absolute Gasteiger partial charge is 0.346 e. The number of carbonyl (C=O) groups is 2. The van der Waals surface area contributed by atoms with Gasteiger partial charge >= 0.3 is 0 Å². The number of hydrogen-bond donors (Lipinski definition) is 2. The normalized spacial score (nSPS) is 10.6. The molecule has 0 unspecified atom stereocenters. The standard InChI is InChI=1S/C21H21N3O2S/c1-14-6-5-7-15(2)21(14)24-18(25)12-22-19(26)13-27-20-11-10-16-8-3-4-9-17(16)23-20/h3-11H,12-13H2,1-2H3,(H,22,26)(H,24,25). The molecule has 2 N–H and O–H groups in total. The first kappa shape index (κ1) is 18.9. The number of aromatic nitrogens is 1. The third-order valence-electron chi connectivity index (χ3n) is 4.12. The fraction of sp³-hybridized carbons (Fsp3) is 0.190. The van der Waals surface area contributed by atoms with Crippen molar-refractivity contribution in [2.75, 3.05) is 17.6 Å². The van der Waals surface area contributed by atoms with Gasteiger partial charge in [0.15, 0.2) is 0 Å². The maximum absolute atomic E-state index is 12.1. The molecule has 3 rings (SSSR count). The number of rotatable bonds is 6. The van der Waals surface area contributed by atoms with Crippen LogP contribution in [-0.2, 0) is 9.59 Å². The van der Waals surface area contributed by atoms with E-state index in [2.05, 4.69) is 15.6 Å². The monoisotopic (exact) mass is 379 g/mol. The highest BCUT2D eigenvalue weighted by molar-refractivity contribution is 7.99. The SMILES string of the molecule is Cc1cccc(C)c1NC(=O)CNC(=O)CSc1ccc2ccccc2n1. The van der Waals surface area contributed by atoms with Gasteiger partial charge in [-0.05, 0) is 37.1 Å². The van der Waals surface area contributed by atoms with Gasteiger partial charge < -0.3 is 10.6 Å². The Morgan fingerprint density at radius 3 is 2.44 bits per heavy atom. The highest BCUT2D eigenvalue weighted by atomic mass is 32.2. The lowest BCUT2D eigenvalue weighted by molar-refractivity contribution is -0.122. The average Bonchev–Trinajstić information content (AvgIpc) is 2.67. The molecule has 0 saturated heterocycles. The van der Waals surface area contributed by atoms with Crippen molar-refractivity contribution in [3.63, 3.8) is 0 Å². The molecule has 138 valence electrons. The van der Waals surface area contributed by atoms with Crippen LogP contribution in [-0.4, -0.2) is 29.1 Å². The molecular formula is C21H21N3O2S. The molecule has 0 spiro atoms. The van der Waals surface area contributed by atoms with E-state index in [0.717, 1.165) is 32.7 Å². The topological polar surface area (TPSA) is 71.1 Å². The summed E-state index contributed by atoms with van der Waals surface area (Å²) in [6.07, 6.45) is 0. The first-order chi connectivity index (χ1) is 13.0. The van der Waals surface area contributed by atoms with Crippen molar-refractivity contribution in [1.82, 2.24) is 10.3 Å². The van der Waals surface area contributed by atoms with E-state index in [4.69, 9.17) is 0 Å². The highest BCUT2D eigenvalue weighted by Crippen LogP contribution is 2.20. The Morgan fingerprint density at radius 1 is 0.926 bits per heavy atom. The molecule has 2 amide bonds. The van der Waals surface area contributed by atoms with Gasteiger partial charge in [0, 0.05) is 11.1 Å². The van der Waals surface area contributed by atoms with Gasteiger partial charge in [0.1, 0.15) is 0 Å². The van der Waals surface area contributed by atoms with Crippen LogP contribution < -0.4 is 10.6 Å². The molecule has 0 aliphatic carbocycles. The predicted molar refractivity (Wildman–Crippen MR) is 110 cm³/mol. The number of thioether (sulfide) groups is 1. The van der Waals surface area contributed by atoms with Crippen molar-refractivity contribution in [3.05, 3.63) is 65.7 Å². The quantitative estimate of drug-likeness (QED) is 0.641. The van der Waals surface area contributed by atoms with Gasteiger partial charge in [-0.1, -0.05) is 54.2 Å². The van der Waals surface area contributed by atoms with Gasteiger partial charge in [-0.25, -0.2) is 4.98 Å². The Bertz CT molecular complexity index is 968. The van der Waals surface area contributed by atoms with Crippen molar-refractivity contribution in [1.29, 1.82) is 0 Å². The second kappa shape index (κ2) is 8.68. The third kappa shape index (κ3) is 5.08. The summed E-state index contributed by atoms with van der Waals surface area (Å²) in [7, 11) is 0. The molecule has 0 bridgehead atoms. The molecular weight excluding hydrogens is 358 g/mol. The van der Waals surface area contributed by atoms with E-state index < -0.39 is 0 Å². The average molecular weight is 379 g/mol. The number of para-hydroxylation sites is 2. The maximum atomic E-state index is 12.1. The number of aryl methyl sites for hydroxylation is 2. The molecule has 6 heteroatoms. The maximum Gasteiger partial charge on any atom is 0.243 e. The smallest absolute Gasteiger partial charge is 0.243 e. The van der Waals surface area contributed by atoms with Gasteiger partial charge in [0.25, 0.3) is 0 Å². The van der Waals surface area contributed by atoms with E-state index in [9.17, 15) is 9.59 Å². The second-order valence-electron chi connectivity index (χ2n) is 6.22. The minimum Gasteiger partial charge on any atom is -0.346 e. The van der Waals surface area contributed by atoms with Crippen molar-refractivity contribution >= 4 is 40.2 Å². The molecule has 0 aliphatic heterocycles. The Morgan fingerprint density at radius 2 is 1.67 bits per heavy atom. The van der Waals surface area contributed by atoms with Crippen molar-refractivity contribution < 1.29 is 9.59 Å². The lowest BCUT2D eigenvalue weighted by Crippen LogP contribution is -2.34. The molecule has 5 nitrogen and oxygen atoms in total. The van der Waals surface area contributed by atoms with Crippen molar-refractivity contribution in [3.8, 4) is 0 Å². The van der Waals surface area contributed by atoms with Crippen LogP contribution in [0.1, 0.15) is 11.1 Å². The first-order valence-electron chi connectivity index (χ1n) is 8.64. The van der Waals surface area contributed by atoms with E-state index >= 15 is 0 Å². The number of anilines is 1. The Labute approximate surface area is 162 Å². The summed E-state index contributed by atoms with van der Waals surface area (Å²) >= 11 is 1.35. The number of nitrogens with zero attached hydrogens (tertiary/aromatic N) is 1. The van der Waals surface area contributed by atoms with Crippen molar-refractivity contribution in [2.45, 2.75) is 18.9 Å². The molecule has 2 aromatic carbocycles. The van der Waals surface area contributed by atoms with E-state index in [1.165, 1.54) is 11.8 Å². The van der Waals surface area contributed by atoms with Gasteiger partial charge in [0.2, 0.25) is 11.8 Å². The number of amides is 2. The van der Waals surface area contributed by atoms with Crippen LogP contribution in [0.4, 0.5) is 5.69 Å². The zero-order valence-corrected chi connectivity index (χ0v) is 16.1. The minimum absolute atomic E-state index is 0.0572. The number of hydrogen-bond acceptors (Lipinski definition) is 4. The summed E-state index contributed by atoms with van der Waals surface area (Å²) in [4.78, 5) is 28.6. The minimum atomic E-state index is -0.241. The van der Waals surface area contributed by atoms with Gasteiger partial charge in [-0.15, -0.1) is 0 Å². The number of nitrogens with one attached hydrogen (secondary N) is 2. The third-order valence-corrected chi connectivity index (χ3v) is 5.05. The lowest BCUT2D eigenvalue weighted by Gasteiger charge is -2.12. The summed E-state index contributed by atoms with van der Waals surface area (Å²) < 4.78 is 0. The molecule has 0 aliphatic rings. The zero-order chi connectivity index (χ0) is 19.2. The fourth-order valence-electron chi connectivity index (χ4n) is 2.69. The number of benzene rings is 2. The van der Waals surface area contributed by atoms with E-state index in [-0.39, 0.29) is 24.1 Å². The Kier molecular flexibility index (Phi) is 6.08. The van der Waals surface area contributed by atoms with Crippen LogP contribution in [0.5, 0.6) is 0 Å². The zero-order valence-electron chi connectivity index (χ0n) is 15.3. The van der Waals surface area contributed by atoms with E-state index in [1.807, 2.05) is 68.4 Å². The van der Waals surface area contributed by atoms with Crippen LogP contribution >= 0.6 is 11.8 Å². The highest BCUT2D eigenvalue weighted by Gasteiger charge is 2.10. The first-order valence-corrected chi connectivity index (χ1v) is 9.63. The van der Waals surface area contributed by atoms with Gasteiger partial charge in [-0.3, -0.25) is 9.59 Å². The van der Waals surface area contributed by atoms with E-state index in [0.29, 0.717) is 0 Å². The molecule has 0 radical (unpaired) electrons. The van der Waals surface area contributed by atoms with Gasteiger partial charge in [-0.2, -0.15) is 0 Å². The van der Waals surface area contributed by atoms with E-state index in [1.54, 1.807) is 0 Å². The second-order valence-corrected chi connectivity index (χ2v) is 7.22. The molecule has 0 fully saturated rings. The Balaban J connectivity index is 1.48. The van der Waals surface area contributed by atoms with Crippen LogP contribution in [0.25, 0.3) is 10.9 Å². The summed E-state index contributed by atoms with van der Waals surface area (Å²) in [5, 5.41) is 7.35. The van der Waals surface area contributed by atoms with Crippen molar-refractivity contribution in [2.24, 2.45) is 0 Å². The summed E-state index contributed by atoms with van der Waals surface area (Å²) in [6.45, 7) is 3.82. The molecule has 0 atom stereocenters. The van der Waals surface area contributed by atoms with Crippen LogP contribution in [0.3, 0.4) is 0 Å². The lowest BCUT2D eigenvalue weighted by atomic mass is 10.1. The molecule has 3 aromatic rings. The Hall–Kier alpha value is -2.86. The molecule has 1 heterocycles.